The molecular formula is C28H33ClN8O3S. The normalized spacial score (nSPS) is 14.7. The van der Waals surface area contributed by atoms with Crippen molar-refractivity contribution in [3.8, 4) is 5.75 Å². The van der Waals surface area contributed by atoms with Crippen LogP contribution >= 0.6 is 23.5 Å². The van der Waals surface area contributed by atoms with E-state index in [1.807, 2.05) is 36.9 Å². The Balaban J connectivity index is 1.47. The predicted molar refractivity (Wildman–Crippen MR) is 163 cm³/mol. The molecule has 4 heterocycles. The molecule has 0 aliphatic carbocycles. The van der Waals surface area contributed by atoms with Crippen LogP contribution in [0.15, 0.2) is 41.5 Å². The number of pyridine rings is 1. The maximum absolute atomic E-state index is 13.6. The summed E-state index contributed by atoms with van der Waals surface area (Å²) < 4.78 is 11.6. The number of nitrogens with one attached hydrogen (secondary N) is 2. The van der Waals surface area contributed by atoms with Crippen molar-refractivity contribution in [2.75, 3.05) is 36.7 Å². The number of benzene rings is 1. The molecule has 0 radical (unpaired) electrons. The Morgan fingerprint density at radius 1 is 1.22 bits per heavy atom. The summed E-state index contributed by atoms with van der Waals surface area (Å²) in [5, 5.41) is 8.62. The summed E-state index contributed by atoms with van der Waals surface area (Å²) in [6.07, 6.45) is 7.12. The monoisotopic (exact) mass is 596 g/mol. The van der Waals surface area contributed by atoms with Crippen LogP contribution in [-0.4, -0.2) is 56.7 Å². The van der Waals surface area contributed by atoms with Crippen LogP contribution in [-0.2, 0) is 7.05 Å². The molecule has 0 saturated carbocycles. The van der Waals surface area contributed by atoms with Crippen LogP contribution < -0.4 is 25.2 Å². The van der Waals surface area contributed by atoms with E-state index in [0.717, 1.165) is 42.8 Å². The van der Waals surface area contributed by atoms with E-state index in [2.05, 4.69) is 25.0 Å². The molecule has 4 aromatic rings. The molecular weight excluding hydrogens is 564 g/mol. The average molecular weight is 597 g/mol. The van der Waals surface area contributed by atoms with Crippen molar-refractivity contribution in [1.82, 2.24) is 29.0 Å². The summed E-state index contributed by atoms with van der Waals surface area (Å²) in [4.78, 5) is 37.8. The van der Waals surface area contributed by atoms with Crippen LogP contribution in [0.4, 0.5) is 11.6 Å². The Kier molecular flexibility index (Phi) is 8.41. The SMILES string of the molecule is COc1cnn(C2CCN(c3nc4c(C(C)Nc5ccc(Cl)nc5C(=O)NSC)cc(C)cc4c(=O)n3C)CC2)c1. The Morgan fingerprint density at radius 2 is 1.98 bits per heavy atom. The molecule has 1 amide bonds. The number of carbonyl (C=O) groups is 1. The molecule has 41 heavy (non-hydrogen) atoms. The van der Waals surface area contributed by atoms with E-state index in [1.54, 1.807) is 43.3 Å². The molecule has 5 rings (SSSR count). The molecule has 1 fully saturated rings. The van der Waals surface area contributed by atoms with Crippen LogP contribution in [0.25, 0.3) is 10.9 Å². The van der Waals surface area contributed by atoms with Crippen LogP contribution in [0.5, 0.6) is 5.75 Å². The third-order valence-corrected chi connectivity index (χ3v) is 7.98. The van der Waals surface area contributed by atoms with Gasteiger partial charge in [0.2, 0.25) is 5.95 Å². The van der Waals surface area contributed by atoms with E-state index < -0.39 is 0 Å². The number of ether oxygens (including phenoxy) is 1. The number of rotatable bonds is 8. The third-order valence-electron chi connectivity index (χ3n) is 7.38. The highest BCUT2D eigenvalue weighted by atomic mass is 35.5. The van der Waals surface area contributed by atoms with Gasteiger partial charge in [-0.2, -0.15) is 5.10 Å². The van der Waals surface area contributed by atoms with Gasteiger partial charge in [0, 0.05) is 32.0 Å². The zero-order valence-electron chi connectivity index (χ0n) is 23.6. The number of hydrogen-bond acceptors (Lipinski definition) is 9. The molecule has 1 aliphatic heterocycles. The molecule has 0 spiro atoms. The molecule has 1 unspecified atom stereocenters. The first-order chi connectivity index (χ1) is 19.7. The largest absolute Gasteiger partial charge is 0.493 e. The number of piperidine rings is 1. The van der Waals surface area contributed by atoms with E-state index in [0.29, 0.717) is 22.5 Å². The van der Waals surface area contributed by atoms with Crippen molar-refractivity contribution >= 4 is 52.0 Å². The number of halogens is 1. The number of aryl methyl sites for hydroxylation is 1. The van der Waals surface area contributed by atoms with Gasteiger partial charge in [0.15, 0.2) is 11.4 Å². The molecule has 2 N–H and O–H groups in total. The van der Waals surface area contributed by atoms with Crippen molar-refractivity contribution < 1.29 is 9.53 Å². The second-order valence-corrected chi connectivity index (χ2v) is 11.1. The summed E-state index contributed by atoms with van der Waals surface area (Å²) in [7, 11) is 3.41. The van der Waals surface area contributed by atoms with Gasteiger partial charge < -0.3 is 15.0 Å². The predicted octanol–water partition coefficient (Wildman–Crippen LogP) is 4.52. The molecule has 1 atom stereocenters. The summed E-state index contributed by atoms with van der Waals surface area (Å²) in [5.74, 6) is 1.02. The lowest BCUT2D eigenvalue weighted by Crippen LogP contribution is -2.39. The van der Waals surface area contributed by atoms with E-state index in [4.69, 9.17) is 21.3 Å². The third kappa shape index (κ3) is 5.84. The van der Waals surface area contributed by atoms with Gasteiger partial charge in [0.25, 0.3) is 11.5 Å². The Labute approximate surface area is 247 Å². The Bertz CT molecular complexity index is 1650. The number of methoxy groups -OCH3 is 1. The summed E-state index contributed by atoms with van der Waals surface area (Å²) in [6, 6.07) is 7.23. The highest BCUT2D eigenvalue weighted by molar-refractivity contribution is 7.97. The average Bonchev–Trinajstić information content (AvgIpc) is 3.45. The van der Waals surface area contributed by atoms with Crippen LogP contribution in [0.3, 0.4) is 0 Å². The zero-order valence-corrected chi connectivity index (χ0v) is 25.2. The Hall–Kier alpha value is -3.77. The summed E-state index contributed by atoms with van der Waals surface area (Å²) in [6.45, 7) is 5.40. The smallest absolute Gasteiger partial charge is 0.281 e. The van der Waals surface area contributed by atoms with Gasteiger partial charge in [-0.05, 0) is 50.5 Å². The van der Waals surface area contributed by atoms with Gasteiger partial charge in [-0.25, -0.2) is 9.97 Å². The van der Waals surface area contributed by atoms with Crippen molar-refractivity contribution in [2.45, 2.75) is 38.8 Å². The van der Waals surface area contributed by atoms with Crippen LogP contribution in [0, 0.1) is 6.92 Å². The number of nitrogens with zero attached hydrogens (tertiary/aromatic N) is 6. The molecule has 1 saturated heterocycles. The molecule has 216 valence electrons. The van der Waals surface area contributed by atoms with E-state index in [-0.39, 0.29) is 34.4 Å². The number of fused-ring (bicyclic) bond motifs is 1. The highest BCUT2D eigenvalue weighted by Crippen LogP contribution is 2.31. The maximum Gasteiger partial charge on any atom is 0.281 e. The minimum Gasteiger partial charge on any atom is -0.493 e. The fourth-order valence-electron chi connectivity index (χ4n) is 5.29. The number of amides is 1. The van der Waals surface area contributed by atoms with E-state index in [9.17, 15) is 9.59 Å². The summed E-state index contributed by atoms with van der Waals surface area (Å²) in [5.41, 5.74) is 3.04. The molecule has 1 aromatic carbocycles. The number of anilines is 2. The maximum atomic E-state index is 13.6. The standard InChI is InChI=1S/C28H33ClN8O3S/c1-16-12-20(17(2)31-22-6-7-23(29)32-25(22)26(38)34-41-5)24-21(13-16)27(39)35(3)28(33-24)36-10-8-18(9-11-36)37-15-19(40-4)14-30-37/h6-7,12-15,17-18,31H,8-11H2,1-5H3,(H,34,38). The van der Waals surface area contributed by atoms with Gasteiger partial charge in [0.05, 0.1) is 48.2 Å². The zero-order chi connectivity index (χ0) is 29.3. The molecule has 0 bridgehead atoms. The van der Waals surface area contributed by atoms with Gasteiger partial charge >= 0.3 is 0 Å². The topological polar surface area (TPSA) is 119 Å². The van der Waals surface area contributed by atoms with Crippen molar-refractivity contribution in [3.63, 3.8) is 0 Å². The van der Waals surface area contributed by atoms with E-state index in [1.165, 1.54) is 11.9 Å². The molecule has 13 heteroatoms. The Morgan fingerprint density at radius 3 is 2.66 bits per heavy atom. The van der Waals surface area contributed by atoms with Crippen LogP contribution in [0.2, 0.25) is 5.15 Å². The lowest BCUT2D eigenvalue weighted by molar-refractivity contribution is 0.0980. The van der Waals surface area contributed by atoms with Gasteiger partial charge in [-0.1, -0.05) is 29.6 Å². The van der Waals surface area contributed by atoms with Crippen LogP contribution in [0.1, 0.15) is 53.5 Å². The van der Waals surface area contributed by atoms with Crippen molar-refractivity contribution in [1.29, 1.82) is 0 Å². The van der Waals surface area contributed by atoms with Gasteiger partial charge in [0.1, 0.15) is 5.15 Å². The minimum atomic E-state index is -0.352. The molecule has 1 aliphatic rings. The van der Waals surface area contributed by atoms with E-state index >= 15 is 0 Å². The fourth-order valence-corrected chi connectivity index (χ4v) is 5.72. The number of hydrogen-bond donors (Lipinski definition) is 2. The quantitative estimate of drug-likeness (QED) is 0.223. The lowest BCUT2D eigenvalue weighted by atomic mass is 10.0. The first-order valence-electron chi connectivity index (χ1n) is 13.3. The van der Waals surface area contributed by atoms with Crippen molar-refractivity contribution in [2.24, 2.45) is 7.05 Å². The number of aromatic nitrogens is 5. The molecule has 11 nitrogen and oxygen atoms in total. The lowest BCUT2D eigenvalue weighted by Gasteiger charge is -2.33. The van der Waals surface area contributed by atoms with Gasteiger partial charge in [-0.3, -0.25) is 23.6 Å². The number of carbonyl (C=O) groups excluding carboxylic acids is 1. The second-order valence-electron chi connectivity index (χ2n) is 10.1. The second kappa shape index (κ2) is 12.0. The van der Waals surface area contributed by atoms with Crippen molar-refractivity contribution in [3.05, 3.63) is 69.0 Å². The first kappa shape index (κ1) is 28.7. The highest BCUT2D eigenvalue weighted by Gasteiger charge is 2.26. The molecule has 3 aromatic heterocycles. The minimum absolute atomic E-state index is 0.103. The first-order valence-corrected chi connectivity index (χ1v) is 14.9. The summed E-state index contributed by atoms with van der Waals surface area (Å²) >= 11 is 7.29. The fraction of sp³-hybridized carbons (Fsp3) is 0.393. The van der Waals surface area contributed by atoms with Gasteiger partial charge in [-0.15, -0.1) is 0 Å².